The van der Waals surface area contributed by atoms with Gasteiger partial charge in [0.25, 0.3) is 0 Å². The number of amides is 2. The molecule has 3 aromatic rings. The highest BCUT2D eigenvalue weighted by molar-refractivity contribution is 6.00. The fraction of sp³-hybridized carbons (Fsp3) is 0.167. The van der Waals surface area contributed by atoms with E-state index in [0.29, 0.717) is 17.3 Å². The molecule has 0 fully saturated rings. The summed E-state index contributed by atoms with van der Waals surface area (Å²) in [5.74, 6) is 1.09. The maximum absolute atomic E-state index is 12.2. The van der Waals surface area contributed by atoms with Gasteiger partial charge in [0.1, 0.15) is 11.6 Å². The topological polar surface area (TPSA) is 76.1 Å². The van der Waals surface area contributed by atoms with Gasteiger partial charge in [0.2, 0.25) is 0 Å². The Balaban J connectivity index is 1.73. The van der Waals surface area contributed by atoms with Crippen molar-refractivity contribution in [1.82, 2.24) is 9.97 Å². The summed E-state index contributed by atoms with van der Waals surface area (Å²) in [5.41, 5.74) is 1.38. The third kappa shape index (κ3) is 3.78. The van der Waals surface area contributed by atoms with Crippen molar-refractivity contribution >= 4 is 28.4 Å². The van der Waals surface area contributed by atoms with Crippen LogP contribution in [0.25, 0.3) is 10.9 Å². The van der Waals surface area contributed by atoms with Crippen LogP contribution in [0.2, 0.25) is 0 Å². The van der Waals surface area contributed by atoms with Crippen molar-refractivity contribution in [3.8, 4) is 5.75 Å². The molecule has 0 aliphatic heterocycles. The van der Waals surface area contributed by atoms with Gasteiger partial charge in [-0.2, -0.15) is 0 Å². The highest BCUT2D eigenvalue weighted by Crippen LogP contribution is 2.25. The SMILES string of the molecule is CC(C)Oc1ccccc1NC(=O)Nc1ccc2cnccc2n1. The number of anilines is 2. The molecule has 2 amide bonds. The minimum atomic E-state index is -0.379. The number of para-hydroxylation sites is 2. The molecule has 0 aliphatic carbocycles. The molecule has 0 bridgehead atoms. The second-order valence-electron chi connectivity index (χ2n) is 5.51. The summed E-state index contributed by atoms with van der Waals surface area (Å²) in [6.07, 6.45) is 3.41. The lowest BCUT2D eigenvalue weighted by molar-refractivity contribution is 0.243. The molecule has 1 aromatic carbocycles. The predicted octanol–water partition coefficient (Wildman–Crippen LogP) is 4.06. The van der Waals surface area contributed by atoms with E-state index in [2.05, 4.69) is 20.6 Å². The van der Waals surface area contributed by atoms with Crippen LogP contribution >= 0.6 is 0 Å². The minimum absolute atomic E-state index is 0.0202. The van der Waals surface area contributed by atoms with Gasteiger partial charge < -0.3 is 10.1 Å². The molecule has 0 unspecified atom stereocenters. The summed E-state index contributed by atoms with van der Waals surface area (Å²) >= 11 is 0. The van der Waals surface area contributed by atoms with Crippen LogP contribution in [0.1, 0.15) is 13.8 Å². The quantitative estimate of drug-likeness (QED) is 0.759. The van der Waals surface area contributed by atoms with Gasteiger partial charge >= 0.3 is 6.03 Å². The van der Waals surface area contributed by atoms with Crippen LogP contribution in [-0.2, 0) is 0 Å². The maximum atomic E-state index is 12.2. The van der Waals surface area contributed by atoms with Crippen LogP contribution in [-0.4, -0.2) is 22.1 Å². The molecule has 2 heterocycles. The van der Waals surface area contributed by atoms with Crippen molar-refractivity contribution in [2.75, 3.05) is 10.6 Å². The largest absolute Gasteiger partial charge is 0.489 e. The first-order valence-electron chi connectivity index (χ1n) is 7.66. The summed E-state index contributed by atoms with van der Waals surface area (Å²) in [6, 6.07) is 12.3. The van der Waals surface area contributed by atoms with Crippen molar-refractivity contribution in [2.24, 2.45) is 0 Å². The molecule has 122 valence electrons. The van der Waals surface area contributed by atoms with Crippen molar-refractivity contribution in [2.45, 2.75) is 20.0 Å². The number of fused-ring (bicyclic) bond motifs is 1. The lowest BCUT2D eigenvalue weighted by Crippen LogP contribution is -2.21. The Morgan fingerprint density at radius 3 is 2.75 bits per heavy atom. The van der Waals surface area contributed by atoms with Gasteiger partial charge in [0.15, 0.2) is 0 Å². The maximum Gasteiger partial charge on any atom is 0.324 e. The Hall–Kier alpha value is -3.15. The van der Waals surface area contributed by atoms with E-state index >= 15 is 0 Å². The van der Waals surface area contributed by atoms with Gasteiger partial charge in [0, 0.05) is 17.8 Å². The molecule has 2 N–H and O–H groups in total. The number of aromatic nitrogens is 2. The van der Waals surface area contributed by atoms with Crippen LogP contribution < -0.4 is 15.4 Å². The molecular formula is C18H18N4O2. The van der Waals surface area contributed by atoms with E-state index in [1.165, 1.54) is 0 Å². The first-order chi connectivity index (χ1) is 11.6. The molecule has 0 saturated carbocycles. The summed E-state index contributed by atoms with van der Waals surface area (Å²) in [5, 5.41) is 6.43. The van der Waals surface area contributed by atoms with Crippen LogP contribution in [0.5, 0.6) is 5.75 Å². The van der Waals surface area contributed by atoms with Crippen LogP contribution in [0.15, 0.2) is 54.9 Å². The molecule has 24 heavy (non-hydrogen) atoms. The van der Waals surface area contributed by atoms with Crippen LogP contribution in [0.4, 0.5) is 16.3 Å². The van der Waals surface area contributed by atoms with Crippen LogP contribution in [0, 0.1) is 0 Å². The summed E-state index contributed by atoms with van der Waals surface area (Å²) in [7, 11) is 0. The first kappa shape index (κ1) is 15.7. The van der Waals surface area contributed by atoms with E-state index < -0.39 is 0 Å². The number of urea groups is 1. The van der Waals surface area contributed by atoms with Gasteiger partial charge in [0.05, 0.1) is 17.3 Å². The van der Waals surface area contributed by atoms with Gasteiger partial charge in [-0.05, 0) is 44.2 Å². The monoisotopic (exact) mass is 322 g/mol. The number of ether oxygens (including phenoxy) is 1. The van der Waals surface area contributed by atoms with Gasteiger partial charge in [-0.25, -0.2) is 9.78 Å². The van der Waals surface area contributed by atoms with E-state index in [4.69, 9.17) is 4.74 Å². The summed E-state index contributed by atoms with van der Waals surface area (Å²) in [6.45, 7) is 3.87. The zero-order chi connectivity index (χ0) is 16.9. The van der Waals surface area contributed by atoms with E-state index in [-0.39, 0.29) is 12.1 Å². The molecule has 6 heteroatoms. The second kappa shape index (κ2) is 6.95. The average Bonchev–Trinajstić information content (AvgIpc) is 2.56. The highest BCUT2D eigenvalue weighted by Gasteiger charge is 2.09. The number of rotatable bonds is 4. The van der Waals surface area contributed by atoms with E-state index in [1.54, 1.807) is 30.6 Å². The molecule has 2 aromatic heterocycles. The number of nitrogens with one attached hydrogen (secondary N) is 2. The standard InChI is InChI=1S/C18H18N4O2/c1-12(2)24-16-6-4-3-5-15(16)21-18(23)22-17-8-7-13-11-19-10-9-14(13)20-17/h3-12H,1-2H3,(H2,20,21,22,23). The first-order valence-corrected chi connectivity index (χ1v) is 7.66. The Bertz CT molecular complexity index is 864. The predicted molar refractivity (Wildman–Crippen MR) is 94.4 cm³/mol. The average molecular weight is 322 g/mol. The van der Waals surface area contributed by atoms with Crippen molar-refractivity contribution < 1.29 is 9.53 Å². The van der Waals surface area contributed by atoms with Gasteiger partial charge in [-0.15, -0.1) is 0 Å². The molecule has 3 rings (SSSR count). The third-order valence-corrected chi connectivity index (χ3v) is 3.23. The number of benzene rings is 1. The summed E-state index contributed by atoms with van der Waals surface area (Å²) < 4.78 is 5.69. The number of pyridine rings is 2. The highest BCUT2D eigenvalue weighted by atomic mass is 16.5. The number of hydrogen-bond acceptors (Lipinski definition) is 4. The van der Waals surface area contributed by atoms with E-state index in [9.17, 15) is 4.79 Å². The number of nitrogens with zero attached hydrogens (tertiary/aromatic N) is 2. The smallest absolute Gasteiger partial charge is 0.324 e. The number of hydrogen-bond donors (Lipinski definition) is 2. The third-order valence-electron chi connectivity index (χ3n) is 3.23. The lowest BCUT2D eigenvalue weighted by Gasteiger charge is -2.15. The van der Waals surface area contributed by atoms with Crippen LogP contribution in [0.3, 0.4) is 0 Å². The molecule has 0 aliphatic rings. The lowest BCUT2D eigenvalue weighted by atomic mass is 10.3. The van der Waals surface area contributed by atoms with Crippen molar-refractivity contribution in [3.05, 3.63) is 54.9 Å². The second-order valence-corrected chi connectivity index (χ2v) is 5.51. The fourth-order valence-electron chi connectivity index (χ4n) is 2.23. The van der Waals surface area contributed by atoms with Gasteiger partial charge in [-0.3, -0.25) is 10.3 Å². The molecule has 0 spiro atoms. The molecule has 0 radical (unpaired) electrons. The van der Waals surface area contributed by atoms with Gasteiger partial charge in [-0.1, -0.05) is 12.1 Å². The van der Waals surface area contributed by atoms with E-state index in [1.807, 2.05) is 38.1 Å². The Morgan fingerprint density at radius 2 is 1.92 bits per heavy atom. The fourth-order valence-corrected chi connectivity index (χ4v) is 2.23. The number of carbonyl (C=O) groups excluding carboxylic acids is 1. The van der Waals surface area contributed by atoms with Crippen molar-refractivity contribution in [3.63, 3.8) is 0 Å². The number of carbonyl (C=O) groups is 1. The normalized spacial score (nSPS) is 10.6. The van der Waals surface area contributed by atoms with E-state index in [0.717, 1.165) is 10.9 Å². The Labute approximate surface area is 139 Å². The minimum Gasteiger partial charge on any atom is -0.489 e. The zero-order valence-corrected chi connectivity index (χ0v) is 13.5. The molecule has 0 atom stereocenters. The zero-order valence-electron chi connectivity index (χ0n) is 13.5. The molecular weight excluding hydrogens is 304 g/mol. The Morgan fingerprint density at radius 1 is 1.08 bits per heavy atom. The molecule has 6 nitrogen and oxygen atoms in total. The van der Waals surface area contributed by atoms with Crippen molar-refractivity contribution in [1.29, 1.82) is 0 Å². The molecule has 0 saturated heterocycles. The Kier molecular flexibility index (Phi) is 4.56. The summed E-state index contributed by atoms with van der Waals surface area (Å²) in [4.78, 5) is 20.6.